The summed E-state index contributed by atoms with van der Waals surface area (Å²) in [6.45, 7) is 1.58. The second kappa shape index (κ2) is 10.3. The maximum absolute atomic E-state index is 12.0. The predicted molar refractivity (Wildman–Crippen MR) is 129 cm³/mol. The molecule has 170 valence electrons. The van der Waals surface area contributed by atoms with Gasteiger partial charge in [0.15, 0.2) is 6.61 Å². The van der Waals surface area contributed by atoms with Gasteiger partial charge in [0.2, 0.25) is 0 Å². The minimum Gasteiger partial charge on any atom is -0.484 e. The average molecular weight is 455 g/mol. The van der Waals surface area contributed by atoms with E-state index in [1.165, 1.54) is 18.3 Å². The van der Waals surface area contributed by atoms with Crippen molar-refractivity contribution >= 4 is 17.8 Å². The van der Waals surface area contributed by atoms with Gasteiger partial charge in [0, 0.05) is 17.7 Å². The molecule has 0 radical (unpaired) electrons. The van der Waals surface area contributed by atoms with Crippen LogP contribution in [0.5, 0.6) is 5.75 Å². The van der Waals surface area contributed by atoms with Gasteiger partial charge in [-0.2, -0.15) is 5.10 Å². The van der Waals surface area contributed by atoms with E-state index in [-0.39, 0.29) is 12.3 Å². The van der Waals surface area contributed by atoms with Crippen molar-refractivity contribution in [3.8, 4) is 28.2 Å². The van der Waals surface area contributed by atoms with Gasteiger partial charge in [0.25, 0.3) is 11.6 Å². The van der Waals surface area contributed by atoms with Gasteiger partial charge in [-0.15, -0.1) is 0 Å². The number of nitro benzene ring substituents is 1. The molecule has 8 nitrogen and oxygen atoms in total. The summed E-state index contributed by atoms with van der Waals surface area (Å²) in [6.07, 6.45) is 1.37. The van der Waals surface area contributed by atoms with Crippen LogP contribution in [0.2, 0.25) is 0 Å². The molecule has 8 heteroatoms. The van der Waals surface area contributed by atoms with Crippen molar-refractivity contribution in [3.63, 3.8) is 0 Å². The molecule has 0 bridgehead atoms. The first-order valence-electron chi connectivity index (χ1n) is 10.4. The smallest absolute Gasteiger partial charge is 0.277 e. The predicted octanol–water partition coefficient (Wildman–Crippen LogP) is 5.36. The number of nitrogens with one attached hydrogen (secondary N) is 1. The van der Waals surface area contributed by atoms with Crippen LogP contribution in [0.25, 0.3) is 22.5 Å². The van der Waals surface area contributed by atoms with Crippen LogP contribution in [0.4, 0.5) is 5.69 Å². The van der Waals surface area contributed by atoms with Crippen LogP contribution in [0.1, 0.15) is 11.3 Å². The van der Waals surface area contributed by atoms with Gasteiger partial charge in [0.1, 0.15) is 17.3 Å². The number of nitrogens with zero attached hydrogens (tertiary/aromatic N) is 2. The first kappa shape index (κ1) is 22.5. The summed E-state index contributed by atoms with van der Waals surface area (Å²) in [4.78, 5) is 22.5. The monoisotopic (exact) mass is 455 g/mol. The molecule has 0 fully saturated rings. The molecular formula is C26H21N3O5. The number of carbonyl (C=O) groups excluding carboxylic acids is 1. The van der Waals surface area contributed by atoms with E-state index in [1.54, 1.807) is 25.1 Å². The van der Waals surface area contributed by atoms with Crippen LogP contribution in [-0.4, -0.2) is 23.7 Å². The molecule has 0 atom stereocenters. The molecule has 0 unspecified atom stereocenters. The largest absolute Gasteiger partial charge is 0.484 e. The lowest BCUT2D eigenvalue weighted by molar-refractivity contribution is -0.384. The molecule has 3 aromatic carbocycles. The van der Waals surface area contributed by atoms with Crippen molar-refractivity contribution < 1.29 is 18.9 Å². The molecule has 1 amide bonds. The topological polar surface area (TPSA) is 107 Å². The van der Waals surface area contributed by atoms with Gasteiger partial charge in [-0.05, 0) is 53.9 Å². The highest BCUT2D eigenvalue weighted by molar-refractivity contribution is 5.82. The third-order valence-corrected chi connectivity index (χ3v) is 5.03. The zero-order valence-corrected chi connectivity index (χ0v) is 18.3. The lowest BCUT2D eigenvalue weighted by Crippen LogP contribution is -2.24. The van der Waals surface area contributed by atoms with Crippen LogP contribution in [0.3, 0.4) is 0 Å². The Balaban J connectivity index is 1.28. The van der Waals surface area contributed by atoms with Crippen LogP contribution in [0, 0.1) is 17.0 Å². The molecule has 0 saturated heterocycles. The van der Waals surface area contributed by atoms with Crippen LogP contribution >= 0.6 is 0 Å². The van der Waals surface area contributed by atoms with Gasteiger partial charge < -0.3 is 9.15 Å². The summed E-state index contributed by atoms with van der Waals surface area (Å²) < 4.78 is 11.2. The van der Waals surface area contributed by atoms with Gasteiger partial charge in [-0.1, -0.05) is 42.5 Å². The number of ether oxygens (including phenoxy) is 1. The molecule has 4 rings (SSSR count). The summed E-state index contributed by atoms with van der Waals surface area (Å²) in [5, 5.41) is 14.8. The first-order chi connectivity index (χ1) is 16.5. The summed E-state index contributed by atoms with van der Waals surface area (Å²) in [7, 11) is 0. The van der Waals surface area contributed by atoms with Crippen molar-refractivity contribution in [1.82, 2.24) is 5.43 Å². The Morgan fingerprint density at radius 3 is 2.47 bits per heavy atom. The van der Waals surface area contributed by atoms with Crippen molar-refractivity contribution in [1.29, 1.82) is 0 Å². The Kier molecular flexibility index (Phi) is 6.78. The molecule has 4 aromatic rings. The zero-order valence-electron chi connectivity index (χ0n) is 18.3. The second-order valence-corrected chi connectivity index (χ2v) is 7.43. The number of benzene rings is 3. The standard InChI is InChI=1S/C26H21N3O5/c1-18-15-21(29(31)32)9-13-24(18)25-14-12-23(34-25)16-27-28-26(30)17-33-22-10-7-20(8-11-22)19-5-3-2-4-6-19/h2-16H,17H2,1H3,(H,28,30)/b27-16+. The quantitative estimate of drug-likeness (QED) is 0.219. The number of carbonyl (C=O) groups is 1. The summed E-state index contributed by atoms with van der Waals surface area (Å²) in [5.74, 6) is 1.13. The maximum Gasteiger partial charge on any atom is 0.277 e. The van der Waals surface area contributed by atoms with Crippen LogP contribution < -0.4 is 10.2 Å². The number of hydrazone groups is 1. The molecule has 1 N–H and O–H groups in total. The van der Waals surface area contributed by atoms with Crippen LogP contribution in [0.15, 0.2) is 94.4 Å². The fourth-order valence-electron chi connectivity index (χ4n) is 3.33. The number of furan rings is 1. The Morgan fingerprint density at radius 1 is 1.03 bits per heavy atom. The number of amides is 1. The highest BCUT2D eigenvalue weighted by atomic mass is 16.6. The molecule has 0 saturated carbocycles. The SMILES string of the molecule is Cc1cc([N+](=O)[O-])ccc1-c1ccc(/C=N/NC(=O)COc2ccc(-c3ccccc3)cc2)o1. The Bertz CT molecular complexity index is 1330. The highest BCUT2D eigenvalue weighted by Gasteiger charge is 2.12. The zero-order chi connectivity index (χ0) is 23.9. The number of non-ortho nitro benzene ring substituents is 1. The minimum atomic E-state index is -0.441. The number of nitro groups is 1. The van der Waals surface area contributed by atoms with Crippen molar-refractivity contribution in [2.45, 2.75) is 6.92 Å². The van der Waals surface area contributed by atoms with E-state index in [1.807, 2.05) is 54.6 Å². The van der Waals surface area contributed by atoms with Gasteiger partial charge >= 0.3 is 0 Å². The fraction of sp³-hybridized carbons (Fsp3) is 0.0769. The number of hydrogen-bond donors (Lipinski definition) is 1. The minimum absolute atomic E-state index is 0.0201. The third kappa shape index (κ3) is 5.55. The maximum atomic E-state index is 12.0. The molecule has 1 aromatic heterocycles. The third-order valence-electron chi connectivity index (χ3n) is 5.03. The molecule has 0 spiro atoms. The van der Waals surface area contributed by atoms with E-state index < -0.39 is 10.8 Å². The van der Waals surface area contributed by atoms with E-state index in [4.69, 9.17) is 9.15 Å². The fourth-order valence-corrected chi connectivity index (χ4v) is 3.33. The average Bonchev–Trinajstić information content (AvgIpc) is 3.32. The molecule has 34 heavy (non-hydrogen) atoms. The normalized spacial score (nSPS) is 10.9. The van der Waals surface area contributed by atoms with Crippen molar-refractivity contribution in [2.75, 3.05) is 6.61 Å². The molecular weight excluding hydrogens is 434 g/mol. The Morgan fingerprint density at radius 2 is 1.76 bits per heavy atom. The summed E-state index contributed by atoms with van der Waals surface area (Å²) in [5.41, 5.74) is 6.03. The lowest BCUT2D eigenvalue weighted by atomic mass is 10.1. The van der Waals surface area contributed by atoms with E-state index in [0.717, 1.165) is 16.7 Å². The van der Waals surface area contributed by atoms with E-state index in [2.05, 4.69) is 10.5 Å². The Labute approximate surface area is 195 Å². The van der Waals surface area contributed by atoms with E-state index in [0.29, 0.717) is 22.8 Å². The van der Waals surface area contributed by atoms with Crippen molar-refractivity contribution in [3.05, 3.63) is 106 Å². The first-order valence-corrected chi connectivity index (χ1v) is 10.4. The molecule has 0 aliphatic heterocycles. The number of rotatable bonds is 8. The van der Waals surface area contributed by atoms with Gasteiger partial charge in [-0.3, -0.25) is 14.9 Å². The summed E-state index contributed by atoms with van der Waals surface area (Å²) >= 11 is 0. The van der Waals surface area contributed by atoms with Gasteiger partial charge in [0.05, 0.1) is 11.1 Å². The number of aryl methyl sites for hydroxylation is 1. The molecule has 1 heterocycles. The van der Waals surface area contributed by atoms with Gasteiger partial charge in [-0.25, -0.2) is 5.43 Å². The molecule has 0 aliphatic carbocycles. The Hall–Kier alpha value is -4.72. The van der Waals surface area contributed by atoms with Crippen LogP contribution in [-0.2, 0) is 4.79 Å². The number of hydrogen-bond acceptors (Lipinski definition) is 6. The van der Waals surface area contributed by atoms with E-state index >= 15 is 0 Å². The molecule has 0 aliphatic rings. The van der Waals surface area contributed by atoms with Crippen molar-refractivity contribution in [2.24, 2.45) is 5.10 Å². The highest BCUT2D eigenvalue weighted by Crippen LogP contribution is 2.28. The second-order valence-electron chi connectivity index (χ2n) is 7.43. The summed E-state index contributed by atoms with van der Waals surface area (Å²) in [6, 6.07) is 25.4. The van der Waals surface area contributed by atoms with E-state index in [9.17, 15) is 14.9 Å². The lowest BCUT2D eigenvalue weighted by Gasteiger charge is -2.06.